The lowest BCUT2D eigenvalue weighted by Crippen LogP contribution is -2.27. The van der Waals surface area contributed by atoms with Gasteiger partial charge in [0.1, 0.15) is 0 Å². The van der Waals surface area contributed by atoms with Crippen LogP contribution < -0.4 is 5.32 Å². The molecule has 0 aliphatic rings. The largest absolute Gasteiger partial charge is 0.465 e. The van der Waals surface area contributed by atoms with Crippen LogP contribution in [0.2, 0.25) is 0 Å². The average Bonchev–Trinajstić information content (AvgIpc) is 2.42. The van der Waals surface area contributed by atoms with Crippen LogP contribution in [0.3, 0.4) is 0 Å². The lowest BCUT2D eigenvalue weighted by atomic mass is 10.2. The predicted octanol–water partition coefficient (Wildman–Crippen LogP) is 0.436. The van der Waals surface area contributed by atoms with Crippen molar-refractivity contribution in [2.45, 2.75) is 13.0 Å². The minimum atomic E-state index is -0.414. The van der Waals surface area contributed by atoms with Gasteiger partial charge in [-0.15, -0.1) is 0 Å². The molecule has 0 saturated heterocycles. The number of hydrogen-bond acceptors (Lipinski definition) is 5. The van der Waals surface area contributed by atoms with Crippen LogP contribution in [0.25, 0.3) is 0 Å². The third-order valence-corrected chi connectivity index (χ3v) is 2.49. The van der Waals surface area contributed by atoms with E-state index in [2.05, 4.69) is 15.0 Å². The number of ether oxygens (including phenoxy) is 1. The summed E-state index contributed by atoms with van der Waals surface area (Å²) in [5.74, 6) is -0.457. The van der Waals surface area contributed by atoms with Crippen molar-refractivity contribution < 1.29 is 14.3 Å². The van der Waals surface area contributed by atoms with Crippen LogP contribution in [0.15, 0.2) is 18.3 Å². The molecule has 0 atom stereocenters. The topological polar surface area (TPSA) is 71.5 Å². The number of nitrogens with one attached hydrogen (secondary N) is 1. The van der Waals surface area contributed by atoms with Gasteiger partial charge in [0, 0.05) is 19.2 Å². The van der Waals surface area contributed by atoms with Crippen LogP contribution >= 0.6 is 0 Å². The molecule has 6 nitrogen and oxygen atoms in total. The minimum absolute atomic E-state index is 0.0426. The zero-order chi connectivity index (χ0) is 14.3. The molecule has 0 fully saturated rings. The van der Waals surface area contributed by atoms with E-state index >= 15 is 0 Å². The third kappa shape index (κ3) is 5.48. The molecule has 0 radical (unpaired) electrons. The summed E-state index contributed by atoms with van der Waals surface area (Å²) in [5.41, 5.74) is 1.05. The number of hydrogen-bond donors (Lipinski definition) is 1. The molecule has 1 aromatic heterocycles. The van der Waals surface area contributed by atoms with Gasteiger partial charge in [0.2, 0.25) is 5.91 Å². The molecule has 0 aromatic carbocycles. The van der Waals surface area contributed by atoms with Crippen LogP contribution in [0, 0.1) is 0 Å². The lowest BCUT2D eigenvalue weighted by molar-refractivity contribution is -0.121. The summed E-state index contributed by atoms with van der Waals surface area (Å²) < 4.78 is 4.62. The Morgan fingerprint density at radius 2 is 2.16 bits per heavy atom. The number of esters is 1. The molecule has 0 spiro atoms. The van der Waals surface area contributed by atoms with E-state index in [1.807, 2.05) is 19.0 Å². The molecular formula is C13H19N3O3. The Bertz CT molecular complexity index is 447. The minimum Gasteiger partial charge on any atom is -0.465 e. The Hall–Kier alpha value is -1.95. The first kappa shape index (κ1) is 15.1. The first-order chi connectivity index (χ1) is 9.02. The molecule has 1 amide bonds. The van der Waals surface area contributed by atoms with E-state index in [-0.39, 0.29) is 5.91 Å². The van der Waals surface area contributed by atoms with Gasteiger partial charge in [0.05, 0.1) is 24.9 Å². The Morgan fingerprint density at radius 1 is 1.42 bits per heavy atom. The number of methoxy groups -OCH3 is 1. The number of amides is 1. The number of pyridine rings is 1. The van der Waals surface area contributed by atoms with E-state index in [1.54, 1.807) is 12.1 Å². The van der Waals surface area contributed by atoms with Crippen molar-refractivity contribution in [3.05, 3.63) is 29.6 Å². The smallest absolute Gasteiger partial charge is 0.337 e. The van der Waals surface area contributed by atoms with Crippen molar-refractivity contribution in [2.75, 3.05) is 27.7 Å². The molecule has 0 unspecified atom stereocenters. The van der Waals surface area contributed by atoms with Crippen molar-refractivity contribution in [2.24, 2.45) is 0 Å². The fourth-order valence-electron chi connectivity index (χ4n) is 1.42. The number of rotatable bonds is 6. The maximum atomic E-state index is 11.5. The maximum absolute atomic E-state index is 11.5. The highest BCUT2D eigenvalue weighted by Crippen LogP contribution is 2.03. The first-order valence-corrected chi connectivity index (χ1v) is 5.97. The van der Waals surface area contributed by atoms with Gasteiger partial charge in [-0.25, -0.2) is 4.79 Å². The molecule has 19 heavy (non-hydrogen) atoms. The molecule has 104 valence electrons. The van der Waals surface area contributed by atoms with Crippen LogP contribution in [-0.4, -0.2) is 49.5 Å². The summed E-state index contributed by atoms with van der Waals surface area (Å²) in [4.78, 5) is 28.9. The summed E-state index contributed by atoms with van der Waals surface area (Å²) in [5, 5.41) is 2.76. The SMILES string of the molecule is COC(=O)c1ccnc(CNC(=O)CCN(C)C)c1. The highest BCUT2D eigenvalue weighted by molar-refractivity contribution is 5.89. The van der Waals surface area contributed by atoms with Gasteiger partial charge in [-0.05, 0) is 26.2 Å². The van der Waals surface area contributed by atoms with Crippen molar-refractivity contribution in [1.82, 2.24) is 15.2 Å². The van der Waals surface area contributed by atoms with E-state index in [9.17, 15) is 9.59 Å². The summed E-state index contributed by atoms with van der Waals surface area (Å²) in [6.07, 6.45) is 1.96. The number of nitrogens with zero attached hydrogens (tertiary/aromatic N) is 2. The van der Waals surface area contributed by atoms with E-state index in [1.165, 1.54) is 13.3 Å². The Morgan fingerprint density at radius 3 is 2.79 bits per heavy atom. The highest BCUT2D eigenvalue weighted by Gasteiger charge is 2.07. The quantitative estimate of drug-likeness (QED) is 0.755. The second-order valence-electron chi connectivity index (χ2n) is 4.36. The monoisotopic (exact) mass is 265 g/mol. The molecule has 0 aliphatic carbocycles. The molecule has 1 heterocycles. The van der Waals surface area contributed by atoms with Gasteiger partial charge in [0.15, 0.2) is 0 Å². The van der Waals surface area contributed by atoms with Crippen LogP contribution in [0.1, 0.15) is 22.5 Å². The maximum Gasteiger partial charge on any atom is 0.337 e. The van der Waals surface area contributed by atoms with Gasteiger partial charge >= 0.3 is 5.97 Å². The van der Waals surface area contributed by atoms with Crippen molar-refractivity contribution in [3.8, 4) is 0 Å². The summed E-state index contributed by atoms with van der Waals surface area (Å²) in [7, 11) is 5.15. The molecule has 1 N–H and O–H groups in total. The second kappa shape index (κ2) is 7.48. The highest BCUT2D eigenvalue weighted by atomic mass is 16.5. The average molecular weight is 265 g/mol. The van der Waals surface area contributed by atoms with E-state index in [0.717, 1.165) is 0 Å². The fraction of sp³-hybridized carbons (Fsp3) is 0.462. The fourth-order valence-corrected chi connectivity index (χ4v) is 1.42. The molecule has 0 bridgehead atoms. The van der Waals surface area contributed by atoms with Gasteiger partial charge < -0.3 is 15.0 Å². The van der Waals surface area contributed by atoms with Gasteiger partial charge in [0.25, 0.3) is 0 Å². The Balaban J connectivity index is 2.49. The summed E-state index contributed by atoms with van der Waals surface area (Å²) in [6.45, 7) is 0.999. The van der Waals surface area contributed by atoms with E-state index in [0.29, 0.717) is 30.8 Å². The zero-order valence-corrected chi connectivity index (χ0v) is 11.5. The molecule has 6 heteroatoms. The molecular weight excluding hydrogens is 246 g/mol. The zero-order valence-electron chi connectivity index (χ0n) is 11.5. The number of carbonyl (C=O) groups is 2. The standard InChI is InChI=1S/C13H19N3O3/c1-16(2)7-5-12(17)15-9-11-8-10(4-6-14-11)13(18)19-3/h4,6,8H,5,7,9H2,1-3H3,(H,15,17). The normalized spacial score (nSPS) is 10.3. The second-order valence-corrected chi connectivity index (χ2v) is 4.36. The van der Waals surface area contributed by atoms with Crippen LogP contribution in [-0.2, 0) is 16.1 Å². The predicted molar refractivity (Wildman–Crippen MR) is 70.6 cm³/mol. The third-order valence-electron chi connectivity index (χ3n) is 2.49. The molecule has 1 rings (SSSR count). The van der Waals surface area contributed by atoms with Gasteiger partial charge in [-0.3, -0.25) is 9.78 Å². The van der Waals surface area contributed by atoms with Crippen molar-refractivity contribution in [1.29, 1.82) is 0 Å². The van der Waals surface area contributed by atoms with Crippen molar-refractivity contribution >= 4 is 11.9 Å². The number of aromatic nitrogens is 1. The van der Waals surface area contributed by atoms with E-state index < -0.39 is 5.97 Å². The first-order valence-electron chi connectivity index (χ1n) is 5.97. The number of carbonyl (C=O) groups excluding carboxylic acids is 2. The molecule has 0 aliphatic heterocycles. The van der Waals surface area contributed by atoms with Crippen LogP contribution in [0.5, 0.6) is 0 Å². The van der Waals surface area contributed by atoms with Crippen molar-refractivity contribution in [3.63, 3.8) is 0 Å². The van der Waals surface area contributed by atoms with Crippen LogP contribution in [0.4, 0.5) is 0 Å². The Labute approximate surface area is 112 Å². The lowest BCUT2D eigenvalue weighted by Gasteiger charge is -2.09. The molecule has 1 aromatic rings. The van der Waals surface area contributed by atoms with Gasteiger partial charge in [-0.1, -0.05) is 0 Å². The molecule has 0 saturated carbocycles. The summed E-state index contributed by atoms with van der Waals surface area (Å²) >= 11 is 0. The Kier molecular flexibility index (Phi) is 5.95. The van der Waals surface area contributed by atoms with Gasteiger partial charge in [-0.2, -0.15) is 0 Å². The van der Waals surface area contributed by atoms with E-state index in [4.69, 9.17) is 0 Å². The summed E-state index contributed by atoms with van der Waals surface area (Å²) in [6, 6.07) is 3.18.